The summed E-state index contributed by atoms with van der Waals surface area (Å²) in [5.74, 6) is 2.21. The van der Waals surface area contributed by atoms with Gasteiger partial charge in [-0.25, -0.2) is 0 Å². The largest absolute Gasteiger partial charge is 0.478 e. The molecule has 12 rings (SSSR count). The molecule has 10 aromatic carbocycles. The Hall–Kier alpha value is -9.15. The zero-order chi connectivity index (χ0) is 81.6. The van der Waals surface area contributed by atoms with Crippen LogP contribution in [0.2, 0.25) is 0 Å². The second kappa shape index (κ2) is 41.6. The number of aliphatic hydroxyl groups is 1. The molecule has 10 nitrogen and oxygen atoms in total. The molecule has 0 bridgehead atoms. The Balaban J connectivity index is 0.000000256. The Bertz CT molecular complexity index is 4660. The standard InChI is InChI=1S/C28H32N2.C28H31N2.C16H20N2.C14H21NO.C12H15N.C2H6O.ClH.V/c2*1-16-8-12-23(13-9-16)26-27(24-14-10-17(2)11-15-24)30-28(29-26)25-21(6)19(4)18(3)20(5)22(25)7;1-11-3-7-13(8-4-11)15(17)16(18)14-9-5-12(2)6-10-14;1-7-16-14(15)13-11(5)9(3)8(2)10(4)12(13)6;1-7-8(2)10(4)12(6-13)11(5)9(7)3;1-2-3;;/h8-15,26-27H,1-7H3,(H,29,30);8-15,26-27H,1-7H3;3-10,15-16H,17-18H2,1-2H3;15H,7H2,1-6H3;1-5H3;3H,2H2,1H3;1H;/q;-1;;;;;;/t2*26-,27+;15-,16+;;;;;. The van der Waals surface area contributed by atoms with Crippen LogP contribution in [0.3, 0.4) is 0 Å². The molecule has 6 atom stereocenters. The van der Waals surface area contributed by atoms with E-state index in [-0.39, 0.29) is 73.8 Å². The molecule has 0 fully saturated rings. The Kier molecular flexibility index (Phi) is 34.7. The fourth-order valence-corrected chi connectivity index (χ4v) is 14.7. The molecule has 0 aromatic heterocycles. The van der Waals surface area contributed by atoms with E-state index in [1.807, 2.05) is 45.0 Å². The van der Waals surface area contributed by atoms with Gasteiger partial charge in [0.25, 0.3) is 0 Å². The van der Waals surface area contributed by atoms with Gasteiger partial charge in [-0.2, -0.15) is 5.26 Å². The van der Waals surface area contributed by atoms with E-state index >= 15 is 0 Å². The third kappa shape index (κ3) is 21.6. The number of nitrogens with zero attached hydrogens (tertiary/aromatic N) is 4. The van der Waals surface area contributed by atoms with Gasteiger partial charge in [0.15, 0.2) is 0 Å². The summed E-state index contributed by atoms with van der Waals surface area (Å²) >= 11 is 0. The van der Waals surface area contributed by atoms with E-state index < -0.39 is 0 Å². The molecule has 0 unspecified atom stereocenters. The van der Waals surface area contributed by atoms with E-state index in [1.54, 1.807) is 6.92 Å². The first-order valence-corrected chi connectivity index (χ1v) is 39.0. The van der Waals surface area contributed by atoms with Gasteiger partial charge in [-0.15, -0.1) is 12.4 Å². The van der Waals surface area contributed by atoms with Crippen molar-refractivity contribution in [2.45, 2.75) is 230 Å². The molecule has 0 amide bonds. The van der Waals surface area contributed by atoms with Gasteiger partial charge in [-0.1, -0.05) is 185 Å². The van der Waals surface area contributed by atoms with Crippen LogP contribution in [0.5, 0.6) is 0 Å². The number of aliphatic imine (C=N–C) groups is 2. The number of hydrogen-bond acceptors (Lipinski definition) is 9. The number of aryl methyl sites for hydroxylation is 6. The van der Waals surface area contributed by atoms with Gasteiger partial charge >= 0.3 is 0 Å². The zero-order valence-corrected chi connectivity index (χ0v) is 74.6. The maximum absolute atomic E-state index is 8.99. The fourth-order valence-electron chi connectivity index (χ4n) is 14.7. The molecule has 0 aliphatic carbocycles. The minimum absolute atomic E-state index is 0. The average molecular weight is 1560 g/mol. The minimum Gasteiger partial charge on any atom is -0.478 e. The fraction of sp³-hybridized carbons (Fsp3) is 0.360. The molecule has 10 aromatic rings. The van der Waals surface area contributed by atoms with Crippen molar-refractivity contribution in [3.05, 3.63) is 351 Å². The Labute approximate surface area is 691 Å². The number of benzene rings is 10. The third-order valence-electron chi connectivity index (χ3n) is 23.8. The summed E-state index contributed by atoms with van der Waals surface area (Å²) in [5.41, 5.74) is 57.1. The zero-order valence-electron chi connectivity index (χ0n) is 72.4. The Morgan fingerprint density at radius 3 is 1.02 bits per heavy atom. The monoisotopic (exact) mass is 1560 g/mol. The number of nitrogens with one attached hydrogen (secondary N) is 2. The molecular weight excluding hydrogens is 1430 g/mol. The van der Waals surface area contributed by atoms with Crippen LogP contribution in [-0.2, 0) is 23.3 Å². The van der Waals surface area contributed by atoms with Crippen molar-refractivity contribution in [2.75, 3.05) is 13.2 Å². The molecule has 7 N–H and O–H groups in total. The van der Waals surface area contributed by atoms with Gasteiger partial charge in [0, 0.05) is 48.4 Å². The number of rotatable bonds is 11. The summed E-state index contributed by atoms with van der Waals surface area (Å²) in [6, 6.07) is 53.8. The second-order valence-corrected chi connectivity index (χ2v) is 30.7. The molecule has 591 valence electrons. The molecule has 0 saturated carbocycles. The van der Waals surface area contributed by atoms with Crippen molar-refractivity contribution in [2.24, 2.45) is 21.5 Å². The first-order chi connectivity index (χ1) is 52.0. The van der Waals surface area contributed by atoms with Crippen LogP contribution in [0.15, 0.2) is 156 Å². The van der Waals surface area contributed by atoms with E-state index in [4.69, 9.17) is 47.3 Å². The van der Waals surface area contributed by atoms with E-state index in [0.29, 0.717) is 12.5 Å². The molecule has 2 heterocycles. The topological polar surface area (TPSA) is 180 Å². The maximum atomic E-state index is 8.99. The van der Waals surface area contributed by atoms with Crippen LogP contribution in [0.1, 0.15) is 250 Å². The number of amidine groups is 2. The predicted molar refractivity (Wildman–Crippen MR) is 475 cm³/mol. The smallest absolute Gasteiger partial charge is 0.213 e. The number of hydrogen-bond donors (Lipinski definition) is 5. The van der Waals surface area contributed by atoms with Crippen LogP contribution in [-0.4, -0.2) is 35.9 Å². The summed E-state index contributed by atoms with van der Waals surface area (Å²) in [4.78, 5) is 10.5. The molecule has 2 aliphatic heterocycles. The van der Waals surface area contributed by atoms with Crippen molar-refractivity contribution in [3.8, 4) is 6.07 Å². The first kappa shape index (κ1) is 93.5. The maximum Gasteiger partial charge on any atom is 0.213 e. The quantitative estimate of drug-likeness (QED) is 0.0635. The van der Waals surface area contributed by atoms with Gasteiger partial charge < -0.3 is 36.9 Å². The SMILES string of the molecule is CCO.CCOC(=N)c1c(C)c(C)c(C)c(C)c1C.Cc1c(C)c(C)c(C#N)c(C)c1C.Cc1ccc([C@@H](N)[C@@H](N)c2ccc(C)cc2)cc1.Cc1ccc([C@H]2N=C(c3c(C)c(C)c(C)c(C)c3C)N[C@H]2c2ccc(C)cc2)cc1.Cc1ccc([C@H]2N=C(c3c(C)c(C)c(C)c(C)c3C)[N-][C@H]2c2ccc(C)cc2)cc1.Cl.[V]. The third-order valence-corrected chi connectivity index (χ3v) is 23.8. The van der Waals surface area contributed by atoms with Crippen molar-refractivity contribution < 1.29 is 28.4 Å². The van der Waals surface area contributed by atoms with Crippen LogP contribution < -0.4 is 16.8 Å². The summed E-state index contributed by atoms with van der Waals surface area (Å²) in [5, 5.41) is 33.5. The van der Waals surface area contributed by atoms with Gasteiger partial charge in [0.2, 0.25) is 5.90 Å². The van der Waals surface area contributed by atoms with E-state index in [2.05, 4.69) is 299 Å². The number of ether oxygens (including phenoxy) is 1. The number of aliphatic hydroxyl groups excluding tert-OH is 1. The number of halogens is 1. The second-order valence-electron chi connectivity index (χ2n) is 30.7. The Morgan fingerprint density at radius 1 is 0.411 bits per heavy atom. The van der Waals surface area contributed by atoms with E-state index in [0.717, 1.165) is 45.1 Å². The van der Waals surface area contributed by atoms with Gasteiger partial charge in [0.1, 0.15) is 11.9 Å². The molecule has 1 radical (unpaired) electrons. The van der Waals surface area contributed by atoms with Crippen molar-refractivity contribution in [1.82, 2.24) is 5.32 Å². The minimum atomic E-state index is -0.173. The van der Waals surface area contributed by atoms with Gasteiger partial charge in [-0.3, -0.25) is 10.4 Å². The average Bonchev–Trinajstić information content (AvgIpc) is 1.59. The number of nitriles is 1. The predicted octanol–water partition coefficient (Wildman–Crippen LogP) is 24.3. The van der Waals surface area contributed by atoms with Crippen molar-refractivity contribution >= 4 is 30.0 Å². The molecule has 112 heavy (non-hydrogen) atoms. The summed E-state index contributed by atoms with van der Waals surface area (Å²) < 4.78 is 5.32. The Morgan fingerprint density at radius 2 is 0.688 bits per heavy atom. The van der Waals surface area contributed by atoms with Crippen LogP contribution in [0.25, 0.3) is 5.32 Å². The van der Waals surface area contributed by atoms with Crippen LogP contribution >= 0.6 is 12.4 Å². The van der Waals surface area contributed by atoms with E-state index in [9.17, 15) is 0 Å². The molecule has 0 saturated heterocycles. The number of nitrogens with two attached hydrogens (primary N) is 2. The van der Waals surface area contributed by atoms with Crippen molar-refractivity contribution in [3.63, 3.8) is 0 Å². The van der Waals surface area contributed by atoms with E-state index in [1.165, 1.54) is 167 Å². The molecule has 12 heteroatoms. The van der Waals surface area contributed by atoms with Crippen LogP contribution in [0, 0.1) is 197 Å². The summed E-state index contributed by atoms with van der Waals surface area (Å²) in [6.45, 7) is 60.0. The molecule has 2 aliphatic rings. The molecular formula is C100H126ClN8O2V-. The summed E-state index contributed by atoms with van der Waals surface area (Å²) in [6.07, 6.45) is 0. The van der Waals surface area contributed by atoms with Gasteiger partial charge in [-0.05, 0) is 356 Å². The molecule has 0 spiro atoms. The first-order valence-electron chi connectivity index (χ1n) is 39.0. The normalized spacial score (nSPS) is 14.9. The van der Waals surface area contributed by atoms with Crippen LogP contribution in [0.4, 0.5) is 0 Å². The van der Waals surface area contributed by atoms with Gasteiger partial charge in [0.05, 0.1) is 24.3 Å². The van der Waals surface area contributed by atoms with Crippen molar-refractivity contribution in [1.29, 1.82) is 10.7 Å². The summed E-state index contributed by atoms with van der Waals surface area (Å²) in [7, 11) is 0.